The second kappa shape index (κ2) is 9.39. The molecule has 4 nitrogen and oxygen atoms in total. The zero-order valence-electron chi connectivity index (χ0n) is 11.7. The van der Waals surface area contributed by atoms with Crippen molar-refractivity contribution in [2.24, 2.45) is 4.99 Å². The third kappa shape index (κ3) is 5.83. The number of nitrogens with one attached hydrogen (secondary N) is 2. The van der Waals surface area contributed by atoms with Crippen molar-refractivity contribution in [3.05, 3.63) is 29.0 Å². The Hall–Kier alpha value is -0.560. The molecule has 2 rings (SSSR count). The number of halogens is 2. The first-order valence-electron chi connectivity index (χ1n) is 6.85. The Balaban J connectivity index is 0.00000200. The van der Waals surface area contributed by atoms with E-state index < -0.39 is 0 Å². The molecule has 0 amide bonds. The Morgan fingerprint density at radius 1 is 1.35 bits per heavy atom. The second-order valence-corrected chi connectivity index (χ2v) is 5.28. The first-order chi connectivity index (χ1) is 9.28. The second-order valence-electron chi connectivity index (χ2n) is 4.89. The van der Waals surface area contributed by atoms with Gasteiger partial charge in [-0.25, -0.2) is 4.98 Å². The molecule has 0 saturated heterocycles. The Morgan fingerprint density at radius 2 is 2.10 bits per heavy atom. The van der Waals surface area contributed by atoms with Crippen LogP contribution < -0.4 is 10.6 Å². The van der Waals surface area contributed by atoms with Gasteiger partial charge in [0.25, 0.3) is 0 Å². The molecule has 1 aromatic rings. The van der Waals surface area contributed by atoms with Gasteiger partial charge in [-0.15, -0.1) is 24.0 Å². The molecule has 1 aliphatic rings. The van der Waals surface area contributed by atoms with Crippen LogP contribution in [0.4, 0.5) is 0 Å². The summed E-state index contributed by atoms with van der Waals surface area (Å²) in [6.07, 6.45) is 8.25. The SMILES string of the molecule is CN=C(NCc1ccc(Cl)nc1)NC1CCCCC1.I. The average molecular weight is 409 g/mol. The molecular formula is C14H22ClIN4. The van der Waals surface area contributed by atoms with Crippen LogP contribution in [-0.4, -0.2) is 24.0 Å². The van der Waals surface area contributed by atoms with Gasteiger partial charge in [-0.1, -0.05) is 36.9 Å². The molecule has 2 N–H and O–H groups in total. The van der Waals surface area contributed by atoms with E-state index >= 15 is 0 Å². The van der Waals surface area contributed by atoms with Gasteiger partial charge < -0.3 is 10.6 Å². The highest BCUT2D eigenvalue weighted by Crippen LogP contribution is 2.17. The van der Waals surface area contributed by atoms with Gasteiger partial charge in [0.15, 0.2) is 5.96 Å². The number of hydrogen-bond acceptors (Lipinski definition) is 2. The molecule has 1 fully saturated rings. The zero-order chi connectivity index (χ0) is 13.5. The molecule has 1 saturated carbocycles. The summed E-state index contributed by atoms with van der Waals surface area (Å²) < 4.78 is 0. The van der Waals surface area contributed by atoms with E-state index in [1.807, 2.05) is 6.07 Å². The van der Waals surface area contributed by atoms with E-state index in [4.69, 9.17) is 11.6 Å². The molecule has 1 aromatic heterocycles. The van der Waals surface area contributed by atoms with E-state index in [0.717, 1.165) is 11.5 Å². The van der Waals surface area contributed by atoms with Crippen LogP contribution in [0.3, 0.4) is 0 Å². The van der Waals surface area contributed by atoms with Crippen molar-refractivity contribution in [2.75, 3.05) is 7.05 Å². The summed E-state index contributed by atoms with van der Waals surface area (Å²) in [5.74, 6) is 0.863. The fourth-order valence-corrected chi connectivity index (χ4v) is 2.44. The van der Waals surface area contributed by atoms with E-state index in [1.54, 1.807) is 19.3 Å². The van der Waals surface area contributed by atoms with Gasteiger partial charge in [0, 0.05) is 25.8 Å². The maximum atomic E-state index is 5.76. The first-order valence-corrected chi connectivity index (χ1v) is 7.23. The molecular weight excluding hydrogens is 387 g/mol. The third-order valence-electron chi connectivity index (χ3n) is 3.42. The van der Waals surface area contributed by atoms with E-state index in [0.29, 0.717) is 17.7 Å². The van der Waals surface area contributed by atoms with Crippen molar-refractivity contribution in [2.45, 2.75) is 44.7 Å². The van der Waals surface area contributed by atoms with Crippen molar-refractivity contribution in [1.82, 2.24) is 15.6 Å². The van der Waals surface area contributed by atoms with E-state index in [9.17, 15) is 0 Å². The van der Waals surface area contributed by atoms with Crippen molar-refractivity contribution >= 4 is 41.5 Å². The van der Waals surface area contributed by atoms with Gasteiger partial charge in [0.2, 0.25) is 0 Å². The number of rotatable bonds is 3. The van der Waals surface area contributed by atoms with E-state index in [1.165, 1.54) is 32.1 Å². The molecule has 0 bridgehead atoms. The number of pyridine rings is 1. The minimum atomic E-state index is 0. The molecule has 6 heteroatoms. The van der Waals surface area contributed by atoms with E-state index in [-0.39, 0.29) is 24.0 Å². The molecule has 20 heavy (non-hydrogen) atoms. The maximum absolute atomic E-state index is 5.76. The lowest BCUT2D eigenvalue weighted by atomic mass is 9.96. The number of hydrogen-bond donors (Lipinski definition) is 2. The smallest absolute Gasteiger partial charge is 0.191 e. The highest BCUT2D eigenvalue weighted by Gasteiger charge is 2.14. The summed E-state index contributed by atoms with van der Waals surface area (Å²) in [5.41, 5.74) is 1.09. The lowest BCUT2D eigenvalue weighted by Gasteiger charge is -2.24. The fraction of sp³-hybridized carbons (Fsp3) is 0.571. The Morgan fingerprint density at radius 3 is 2.70 bits per heavy atom. The summed E-state index contributed by atoms with van der Waals surface area (Å²) >= 11 is 5.76. The van der Waals surface area contributed by atoms with Gasteiger partial charge in [0.1, 0.15) is 5.15 Å². The normalized spacial score (nSPS) is 16.4. The Labute approximate surface area is 142 Å². The summed E-state index contributed by atoms with van der Waals surface area (Å²) in [6, 6.07) is 4.33. The first kappa shape index (κ1) is 17.5. The summed E-state index contributed by atoms with van der Waals surface area (Å²) in [6.45, 7) is 0.705. The van der Waals surface area contributed by atoms with E-state index in [2.05, 4.69) is 20.6 Å². The van der Waals surface area contributed by atoms with Gasteiger partial charge in [0.05, 0.1) is 0 Å². The largest absolute Gasteiger partial charge is 0.354 e. The lowest BCUT2D eigenvalue weighted by Crippen LogP contribution is -2.43. The lowest BCUT2D eigenvalue weighted by molar-refractivity contribution is 0.410. The summed E-state index contributed by atoms with van der Waals surface area (Å²) in [5, 5.41) is 7.31. The van der Waals surface area contributed by atoms with Crippen LogP contribution in [0, 0.1) is 0 Å². The third-order valence-corrected chi connectivity index (χ3v) is 3.64. The molecule has 0 aromatic carbocycles. The van der Waals surface area contributed by atoms with Crippen LogP contribution in [0.1, 0.15) is 37.7 Å². The Bertz CT molecular complexity index is 416. The van der Waals surface area contributed by atoms with Crippen LogP contribution >= 0.6 is 35.6 Å². The predicted molar refractivity (Wildman–Crippen MR) is 94.9 cm³/mol. The minimum Gasteiger partial charge on any atom is -0.354 e. The van der Waals surface area contributed by atoms with Crippen LogP contribution in [0.2, 0.25) is 5.15 Å². The minimum absolute atomic E-state index is 0. The maximum Gasteiger partial charge on any atom is 0.191 e. The van der Waals surface area contributed by atoms with Crippen molar-refractivity contribution in [1.29, 1.82) is 0 Å². The standard InChI is InChI=1S/C14H21ClN4.HI/c1-16-14(19-12-5-3-2-4-6-12)18-10-11-7-8-13(15)17-9-11;/h7-9,12H,2-6,10H2,1H3,(H2,16,18,19);1H. The highest BCUT2D eigenvalue weighted by atomic mass is 127. The molecule has 1 heterocycles. The fourth-order valence-electron chi connectivity index (χ4n) is 2.33. The zero-order valence-corrected chi connectivity index (χ0v) is 14.8. The monoisotopic (exact) mass is 408 g/mol. The van der Waals surface area contributed by atoms with Crippen LogP contribution in [0.15, 0.2) is 23.3 Å². The number of nitrogens with zero attached hydrogens (tertiary/aromatic N) is 2. The highest BCUT2D eigenvalue weighted by molar-refractivity contribution is 14.0. The number of aromatic nitrogens is 1. The van der Waals surface area contributed by atoms with Crippen molar-refractivity contribution in [3.63, 3.8) is 0 Å². The molecule has 0 spiro atoms. The quantitative estimate of drug-likeness (QED) is 0.349. The van der Waals surface area contributed by atoms with Crippen molar-refractivity contribution in [3.8, 4) is 0 Å². The topological polar surface area (TPSA) is 49.3 Å². The molecule has 0 unspecified atom stereocenters. The van der Waals surface area contributed by atoms with Gasteiger partial charge in [-0.05, 0) is 24.5 Å². The number of aliphatic imine (C=N–C) groups is 1. The molecule has 0 radical (unpaired) electrons. The Kier molecular flexibility index (Phi) is 8.21. The number of guanidine groups is 1. The molecule has 112 valence electrons. The van der Waals surface area contributed by atoms with Gasteiger partial charge >= 0.3 is 0 Å². The van der Waals surface area contributed by atoms with Crippen LogP contribution in [0.25, 0.3) is 0 Å². The molecule has 0 atom stereocenters. The van der Waals surface area contributed by atoms with Crippen molar-refractivity contribution < 1.29 is 0 Å². The van der Waals surface area contributed by atoms with Crippen LogP contribution in [0.5, 0.6) is 0 Å². The average Bonchev–Trinajstić information content (AvgIpc) is 2.46. The van der Waals surface area contributed by atoms with Crippen LogP contribution in [-0.2, 0) is 6.54 Å². The molecule has 0 aliphatic heterocycles. The van der Waals surface area contributed by atoms with Gasteiger partial charge in [-0.2, -0.15) is 0 Å². The predicted octanol–water partition coefficient (Wildman–Crippen LogP) is 3.35. The van der Waals surface area contributed by atoms with Gasteiger partial charge in [-0.3, -0.25) is 4.99 Å². The summed E-state index contributed by atoms with van der Waals surface area (Å²) in [4.78, 5) is 8.33. The summed E-state index contributed by atoms with van der Waals surface area (Å²) in [7, 11) is 1.80. The molecule has 1 aliphatic carbocycles.